The van der Waals surface area contributed by atoms with E-state index in [0.29, 0.717) is 13.0 Å². The molecule has 11 heavy (non-hydrogen) atoms. The third-order valence-electron chi connectivity index (χ3n) is 1.27. The van der Waals surface area contributed by atoms with Crippen molar-refractivity contribution in [3.63, 3.8) is 0 Å². The number of hydrogen-bond donors (Lipinski definition) is 2. The molecule has 0 aliphatic carbocycles. The molecule has 1 unspecified atom stereocenters. The predicted molar refractivity (Wildman–Crippen MR) is 46.1 cm³/mol. The van der Waals surface area contributed by atoms with Crippen molar-refractivity contribution < 1.29 is 4.79 Å². The summed E-state index contributed by atoms with van der Waals surface area (Å²) in [6.45, 7) is 5.92. The first-order valence-electron chi connectivity index (χ1n) is 3.80. The summed E-state index contributed by atoms with van der Waals surface area (Å²) < 4.78 is 0. The zero-order valence-corrected chi connectivity index (χ0v) is 6.97. The first-order valence-corrected chi connectivity index (χ1v) is 3.80. The van der Waals surface area contributed by atoms with Gasteiger partial charge in [-0.05, 0) is 13.3 Å². The Kier molecular flexibility index (Phi) is 5.47. The van der Waals surface area contributed by atoms with E-state index in [9.17, 15) is 4.79 Å². The highest BCUT2D eigenvalue weighted by Gasteiger charge is 2.00. The summed E-state index contributed by atoms with van der Waals surface area (Å²) in [5.74, 6) is 0.0437. The van der Waals surface area contributed by atoms with Gasteiger partial charge in [0.15, 0.2) is 0 Å². The minimum absolute atomic E-state index is 0.0437. The van der Waals surface area contributed by atoms with Crippen molar-refractivity contribution in [2.45, 2.75) is 25.8 Å². The predicted octanol–water partition coefficient (Wildman–Crippen LogP) is 0.416. The van der Waals surface area contributed by atoms with E-state index in [1.54, 1.807) is 6.08 Å². The molecule has 0 aromatic carbocycles. The van der Waals surface area contributed by atoms with E-state index in [4.69, 9.17) is 5.73 Å². The van der Waals surface area contributed by atoms with E-state index >= 15 is 0 Å². The minimum Gasteiger partial charge on any atom is -0.353 e. The van der Waals surface area contributed by atoms with E-state index < -0.39 is 0 Å². The number of nitrogens with one attached hydrogen (secondary N) is 1. The molecule has 0 saturated carbocycles. The van der Waals surface area contributed by atoms with Gasteiger partial charge in [-0.2, -0.15) is 0 Å². The number of carbonyl (C=O) groups is 1. The quantitative estimate of drug-likeness (QED) is 0.567. The van der Waals surface area contributed by atoms with Gasteiger partial charge >= 0.3 is 0 Å². The van der Waals surface area contributed by atoms with Crippen LogP contribution in [0.2, 0.25) is 0 Å². The molecule has 0 heterocycles. The van der Waals surface area contributed by atoms with E-state index in [1.165, 1.54) is 0 Å². The topological polar surface area (TPSA) is 55.1 Å². The fraction of sp³-hybridized carbons (Fsp3) is 0.625. The van der Waals surface area contributed by atoms with Crippen LogP contribution in [-0.4, -0.2) is 18.5 Å². The molecule has 0 aromatic rings. The van der Waals surface area contributed by atoms with Gasteiger partial charge in [0.25, 0.3) is 0 Å². The molecule has 1 amide bonds. The van der Waals surface area contributed by atoms with Crippen molar-refractivity contribution in [2.75, 3.05) is 6.54 Å². The second-order valence-electron chi connectivity index (χ2n) is 2.61. The molecule has 64 valence electrons. The van der Waals surface area contributed by atoms with Gasteiger partial charge in [-0.15, -0.1) is 6.58 Å². The van der Waals surface area contributed by atoms with Crippen molar-refractivity contribution in [2.24, 2.45) is 5.73 Å². The summed E-state index contributed by atoms with van der Waals surface area (Å²) in [6.07, 6.45) is 2.90. The monoisotopic (exact) mass is 156 g/mol. The highest BCUT2D eigenvalue weighted by atomic mass is 16.1. The SMILES string of the molecule is C=CCNC(=O)CCC(C)N. The summed E-state index contributed by atoms with van der Waals surface area (Å²) in [6, 6.07) is 0.101. The number of amides is 1. The maximum absolute atomic E-state index is 10.9. The molecule has 3 nitrogen and oxygen atoms in total. The second-order valence-corrected chi connectivity index (χ2v) is 2.61. The maximum Gasteiger partial charge on any atom is 0.220 e. The Morgan fingerprint density at radius 2 is 2.45 bits per heavy atom. The van der Waals surface area contributed by atoms with Crippen molar-refractivity contribution in [3.05, 3.63) is 12.7 Å². The van der Waals surface area contributed by atoms with Crippen LogP contribution in [0.15, 0.2) is 12.7 Å². The standard InChI is InChI=1S/C8H16N2O/c1-3-6-10-8(11)5-4-7(2)9/h3,7H,1,4-6,9H2,2H3,(H,10,11). The van der Waals surface area contributed by atoms with Gasteiger partial charge in [0.05, 0.1) is 0 Å². The molecular weight excluding hydrogens is 140 g/mol. The fourth-order valence-electron chi connectivity index (χ4n) is 0.633. The molecule has 0 radical (unpaired) electrons. The van der Waals surface area contributed by atoms with Crippen LogP contribution in [0, 0.1) is 0 Å². The van der Waals surface area contributed by atoms with E-state index in [1.807, 2.05) is 6.92 Å². The van der Waals surface area contributed by atoms with Crippen LogP contribution in [0.25, 0.3) is 0 Å². The van der Waals surface area contributed by atoms with Crippen molar-refractivity contribution in [3.8, 4) is 0 Å². The molecule has 0 saturated heterocycles. The Balaban J connectivity index is 3.29. The van der Waals surface area contributed by atoms with Gasteiger partial charge in [-0.25, -0.2) is 0 Å². The van der Waals surface area contributed by atoms with Crippen LogP contribution in [-0.2, 0) is 4.79 Å². The number of carbonyl (C=O) groups excluding carboxylic acids is 1. The molecule has 3 heteroatoms. The average molecular weight is 156 g/mol. The normalized spacial score (nSPS) is 12.2. The van der Waals surface area contributed by atoms with Crippen LogP contribution in [0.5, 0.6) is 0 Å². The van der Waals surface area contributed by atoms with Gasteiger partial charge in [0, 0.05) is 19.0 Å². The third kappa shape index (κ3) is 7.06. The average Bonchev–Trinajstić information content (AvgIpc) is 1.97. The summed E-state index contributed by atoms with van der Waals surface area (Å²) >= 11 is 0. The van der Waals surface area contributed by atoms with Gasteiger partial charge in [0.2, 0.25) is 5.91 Å². The first kappa shape index (κ1) is 10.2. The van der Waals surface area contributed by atoms with Crippen molar-refractivity contribution >= 4 is 5.91 Å². The highest BCUT2D eigenvalue weighted by Crippen LogP contribution is 1.92. The second kappa shape index (κ2) is 5.92. The molecule has 0 fully saturated rings. The van der Waals surface area contributed by atoms with Crippen LogP contribution in [0.1, 0.15) is 19.8 Å². The Hall–Kier alpha value is -0.830. The summed E-state index contributed by atoms with van der Waals surface area (Å²) in [7, 11) is 0. The lowest BCUT2D eigenvalue weighted by atomic mass is 10.2. The van der Waals surface area contributed by atoms with Gasteiger partial charge in [0.1, 0.15) is 0 Å². The van der Waals surface area contributed by atoms with Crippen LogP contribution < -0.4 is 11.1 Å². The molecular formula is C8H16N2O. The Morgan fingerprint density at radius 3 is 2.91 bits per heavy atom. The lowest BCUT2D eigenvalue weighted by Gasteiger charge is -2.04. The van der Waals surface area contributed by atoms with Crippen LogP contribution >= 0.6 is 0 Å². The molecule has 0 aromatic heterocycles. The van der Waals surface area contributed by atoms with Gasteiger partial charge in [-0.3, -0.25) is 4.79 Å². The lowest BCUT2D eigenvalue weighted by Crippen LogP contribution is -2.25. The summed E-state index contributed by atoms with van der Waals surface area (Å²) in [5, 5.41) is 2.68. The highest BCUT2D eigenvalue weighted by molar-refractivity contribution is 5.75. The summed E-state index contributed by atoms with van der Waals surface area (Å²) in [4.78, 5) is 10.9. The molecule has 3 N–H and O–H groups in total. The van der Waals surface area contributed by atoms with Crippen molar-refractivity contribution in [1.82, 2.24) is 5.32 Å². The smallest absolute Gasteiger partial charge is 0.220 e. The fourth-order valence-corrected chi connectivity index (χ4v) is 0.633. The van der Waals surface area contributed by atoms with E-state index in [0.717, 1.165) is 6.42 Å². The Morgan fingerprint density at radius 1 is 1.82 bits per heavy atom. The van der Waals surface area contributed by atoms with E-state index in [2.05, 4.69) is 11.9 Å². The van der Waals surface area contributed by atoms with E-state index in [-0.39, 0.29) is 11.9 Å². The van der Waals surface area contributed by atoms with Crippen molar-refractivity contribution in [1.29, 1.82) is 0 Å². The van der Waals surface area contributed by atoms with Crippen LogP contribution in [0.3, 0.4) is 0 Å². The Bertz CT molecular complexity index is 132. The largest absolute Gasteiger partial charge is 0.353 e. The number of rotatable bonds is 5. The maximum atomic E-state index is 10.9. The first-order chi connectivity index (χ1) is 5.16. The lowest BCUT2D eigenvalue weighted by molar-refractivity contribution is -0.121. The third-order valence-corrected chi connectivity index (χ3v) is 1.27. The Labute approximate surface area is 67.7 Å². The zero-order valence-electron chi connectivity index (χ0n) is 6.97. The molecule has 0 spiro atoms. The summed E-state index contributed by atoms with van der Waals surface area (Å²) in [5.41, 5.74) is 5.47. The van der Waals surface area contributed by atoms with Gasteiger partial charge < -0.3 is 11.1 Å². The van der Waals surface area contributed by atoms with Gasteiger partial charge in [-0.1, -0.05) is 6.08 Å². The molecule has 0 aliphatic heterocycles. The molecule has 0 rings (SSSR count). The molecule has 1 atom stereocenters. The zero-order chi connectivity index (χ0) is 8.69. The number of hydrogen-bond acceptors (Lipinski definition) is 2. The molecule has 0 aliphatic rings. The minimum atomic E-state index is 0.0437. The molecule has 0 bridgehead atoms. The van der Waals surface area contributed by atoms with Crippen LogP contribution in [0.4, 0.5) is 0 Å². The number of nitrogens with two attached hydrogens (primary N) is 1.